The summed E-state index contributed by atoms with van der Waals surface area (Å²) in [6.45, 7) is 7.06. The molecule has 0 radical (unpaired) electrons. The summed E-state index contributed by atoms with van der Waals surface area (Å²) in [6.07, 6.45) is 2.60. The lowest BCUT2D eigenvalue weighted by Gasteiger charge is -2.21. The molecule has 1 aromatic rings. The third-order valence-corrected chi connectivity index (χ3v) is 4.01. The monoisotopic (exact) mass is 345 g/mol. The van der Waals surface area contributed by atoms with E-state index < -0.39 is 11.8 Å². The van der Waals surface area contributed by atoms with Crippen LogP contribution in [0.25, 0.3) is 0 Å². The highest BCUT2D eigenvalue weighted by Gasteiger charge is 2.22. The van der Waals surface area contributed by atoms with Crippen LogP contribution in [-0.2, 0) is 9.59 Å². The molecule has 1 aromatic carbocycles. The van der Waals surface area contributed by atoms with Crippen LogP contribution >= 0.6 is 0 Å². The van der Waals surface area contributed by atoms with Crippen molar-refractivity contribution in [2.45, 2.75) is 19.8 Å². The number of carbonyl (C=O) groups is 3. The second-order valence-electron chi connectivity index (χ2n) is 6.18. The number of aromatic hydroxyl groups is 1. The molecule has 1 aliphatic rings. The van der Waals surface area contributed by atoms with E-state index in [-0.39, 0.29) is 23.1 Å². The zero-order valence-electron chi connectivity index (χ0n) is 14.2. The molecule has 0 aliphatic carbocycles. The summed E-state index contributed by atoms with van der Waals surface area (Å²) in [5.41, 5.74) is 0.467. The average Bonchev–Trinajstić information content (AvgIpc) is 2.99. The van der Waals surface area contributed by atoms with Crippen molar-refractivity contribution in [1.29, 1.82) is 0 Å². The van der Waals surface area contributed by atoms with E-state index in [4.69, 9.17) is 0 Å². The van der Waals surface area contributed by atoms with E-state index in [9.17, 15) is 19.5 Å². The van der Waals surface area contributed by atoms with Crippen LogP contribution < -0.4 is 10.6 Å². The first kappa shape index (κ1) is 18.5. The minimum Gasteiger partial charge on any atom is -0.507 e. The molecule has 0 bridgehead atoms. The van der Waals surface area contributed by atoms with Crippen molar-refractivity contribution < 1.29 is 19.5 Å². The van der Waals surface area contributed by atoms with Gasteiger partial charge < -0.3 is 20.6 Å². The number of amides is 3. The fourth-order valence-electron chi connectivity index (χ4n) is 2.69. The first-order valence-electron chi connectivity index (χ1n) is 8.23. The van der Waals surface area contributed by atoms with Gasteiger partial charge in [-0.3, -0.25) is 14.4 Å². The fraction of sp³-hybridized carbons (Fsp3) is 0.389. The Morgan fingerprint density at radius 1 is 1.44 bits per heavy atom. The summed E-state index contributed by atoms with van der Waals surface area (Å²) in [4.78, 5) is 37.1. The van der Waals surface area contributed by atoms with Crippen LogP contribution in [0.5, 0.6) is 5.75 Å². The molecule has 7 heteroatoms. The normalized spacial score (nSPS) is 14.9. The Balaban J connectivity index is 1.93. The van der Waals surface area contributed by atoms with Crippen LogP contribution in [0.2, 0.25) is 0 Å². The number of benzene rings is 1. The highest BCUT2D eigenvalue weighted by atomic mass is 16.3. The Kier molecular flexibility index (Phi) is 6.16. The van der Waals surface area contributed by atoms with Crippen molar-refractivity contribution in [2.75, 3.05) is 25.0 Å². The first-order valence-corrected chi connectivity index (χ1v) is 8.23. The predicted octanol–water partition coefficient (Wildman–Crippen LogP) is 1.50. The summed E-state index contributed by atoms with van der Waals surface area (Å²) < 4.78 is 0. The van der Waals surface area contributed by atoms with Crippen LogP contribution in [0.1, 0.15) is 30.1 Å². The van der Waals surface area contributed by atoms with Crippen LogP contribution in [0.15, 0.2) is 30.9 Å². The van der Waals surface area contributed by atoms with Crippen molar-refractivity contribution in [3.8, 4) is 5.75 Å². The van der Waals surface area contributed by atoms with E-state index >= 15 is 0 Å². The first-order chi connectivity index (χ1) is 11.9. The largest absolute Gasteiger partial charge is 0.507 e. The Morgan fingerprint density at radius 3 is 2.84 bits per heavy atom. The molecular formula is C18H23N3O4. The molecule has 2 rings (SSSR count). The molecule has 1 atom stereocenters. The average molecular weight is 345 g/mol. The van der Waals surface area contributed by atoms with Gasteiger partial charge in [-0.25, -0.2) is 0 Å². The molecule has 3 N–H and O–H groups in total. The number of nitrogens with one attached hydrogen (secondary N) is 2. The highest BCUT2D eigenvalue weighted by Crippen LogP contribution is 2.21. The Morgan fingerprint density at radius 2 is 2.20 bits per heavy atom. The Bertz CT molecular complexity index is 687. The van der Waals surface area contributed by atoms with Gasteiger partial charge in [-0.2, -0.15) is 0 Å². The molecule has 1 saturated heterocycles. The van der Waals surface area contributed by atoms with Gasteiger partial charge in [0.1, 0.15) is 5.75 Å². The van der Waals surface area contributed by atoms with Crippen LogP contribution in [-0.4, -0.2) is 47.4 Å². The number of hydrogen-bond acceptors (Lipinski definition) is 4. The number of phenols is 1. The number of phenolic OH excluding ortho intramolecular Hbond substituents is 1. The maximum atomic E-state index is 12.3. The molecule has 7 nitrogen and oxygen atoms in total. The summed E-state index contributed by atoms with van der Waals surface area (Å²) in [7, 11) is 0. The van der Waals surface area contributed by atoms with Gasteiger partial charge in [-0.05, 0) is 36.6 Å². The summed E-state index contributed by atoms with van der Waals surface area (Å²) >= 11 is 0. The molecule has 1 unspecified atom stereocenters. The number of anilines is 1. The molecule has 0 spiro atoms. The third-order valence-electron chi connectivity index (χ3n) is 4.01. The number of carbonyl (C=O) groups excluding carboxylic acids is 3. The van der Waals surface area contributed by atoms with E-state index in [1.807, 2.05) is 6.92 Å². The highest BCUT2D eigenvalue weighted by molar-refractivity contribution is 6.01. The second-order valence-corrected chi connectivity index (χ2v) is 6.18. The van der Waals surface area contributed by atoms with Crippen LogP contribution in [0, 0.1) is 5.92 Å². The van der Waals surface area contributed by atoms with Crippen molar-refractivity contribution in [3.05, 3.63) is 36.4 Å². The second kappa shape index (κ2) is 8.32. The molecule has 0 aromatic heterocycles. The fourth-order valence-corrected chi connectivity index (χ4v) is 2.69. The molecule has 3 amide bonds. The van der Waals surface area contributed by atoms with E-state index in [1.165, 1.54) is 18.2 Å². The minimum absolute atomic E-state index is 0.0753. The molecule has 134 valence electrons. The standard InChI is InChI=1S/C18H23N3O4/c1-3-16(23)20-13-6-7-15(22)14(9-13)18(25)19-10-12(2)11-21-8-4-5-17(21)24/h3,6-7,9,12,22H,1,4-5,8,10-11H2,2H3,(H,19,25)(H,20,23). The van der Waals surface area contributed by atoms with Crippen LogP contribution in [0.4, 0.5) is 5.69 Å². The number of hydrogen-bond donors (Lipinski definition) is 3. The van der Waals surface area contributed by atoms with Gasteiger partial charge in [-0.15, -0.1) is 0 Å². The van der Waals surface area contributed by atoms with E-state index in [2.05, 4.69) is 17.2 Å². The third kappa shape index (κ3) is 5.07. The van der Waals surface area contributed by atoms with Crippen molar-refractivity contribution in [3.63, 3.8) is 0 Å². The summed E-state index contributed by atoms with van der Waals surface area (Å²) in [5.74, 6) is -0.762. The van der Waals surface area contributed by atoms with Crippen LogP contribution in [0.3, 0.4) is 0 Å². The summed E-state index contributed by atoms with van der Waals surface area (Å²) in [5, 5.41) is 15.2. The van der Waals surface area contributed by atoms with E-state index in [0.29, 0.717) is 25.2 Å². The number of likely N-dealkylation sites (tertiary alicyclic amines) is 1. The SMILES string of the molecule is C=CC(=O)Nc1ccc(O)c(C(=O)NCC(C)CN2CCCC2=O)c1. The van der Waals surface area contributed by atoms with Crippen molar-refractivity contribution in [1.82, 2.24) is 10.2 Å². The molecule has 1 fully saturated rings. The van der Waals surface area contributed by atoms with Crippen molar-refractivity contribution >= 4 is 23.4 Å². The number of nitrogens with zero attached hydrogens (tertiary/aromatic N) is 1. The van der Waals surface area contributed by atoms with Gasteiger partial charge in [0.05, 0.1) is 5.56 Å². The zero-order chi connectivity index (χ0) is 18.4. The topological polar surface area (TPSA) is 98.7 Å². The maximum Gasteiger partial charge on any atom is 0.255 e. The van der Waals surface area contributed by atoms with E-state index in [1.54, 1.807) is 4.90 Å². The lowest BCUT2D eigenvalue weighted by Crippen LogP contribution is -2.36. The lowest BCUT2D eigenvalue weighted by molar-refractivity contribution is -0.128. The molecule has 1 heterocycles. The van der Waals surface area contributed by atoms with Gasteiger partial charge in [0, 0.05) is 31.7 Å². The van der Waals surface area contributed by atoms with Gasteiger partial charge in [-0.1, -0.05) is 13.5 Å². The van der Waals surface area contributed by atoms with Gasteiger partial charge in [0.2, 0.25) is 11.8 Å². The quantitative estimate of drug-likeness (QED) is 0.515. The summed E-state index contributed by atoms with van der Waals surface area (Å²) in [6, 6.07) is 4.25. The lowest BCUT2D eigenvalue weighted by atomic mass is 10.1. The number of rotatable bonds is 7. The maximum absolute atomic E-state index is 12.3. The predicted molar refractivity (Wildman–Crippen MR) is 94.2 cm³/mol. The van der Waals surface area contributed by atoms with Gasteiger partial charge in [0.25, 0.3) is 5.91 Å². The minimum atomic E-state index is -0.438. The Hall–Kier alpha value is -2.83. The zero-order valence-corrected chi connectivity index (χ0v) is 14.2. The molecular weight excluding hydrogens is 322 g/mol. The molecule has 1 aliphatic heterocycles. The van der Waals surface area contributed by atoms with E-state index in [0.717, 1.165) is 19.0 Å². The smallest absolute Gasteiger partial charge is 0.255 e. The Labute approximate surface area is 146 Å². The van der Waals surface area contributed by atoms with Gasteiger partial charge in [0.15, 0.2) is 0 Å². The van der Waals surface area contributed by atoms with Gasteiger partial charge >= 0.3 is 0 Å². The van der Waals surface area contributed by atoms with Crippen molar-refractivity contribution in [2.24, 2.45) is 5.92 Å². The molecule has 25 heavy (non-hydrogen) atoms. The molecule has 0 saturated carbocycles.